The van der Waals surface area contributed by atoms with Crippen molar-refractivity contribution in [1.82, 2.24) is 15.1 Å². The van der Waals surface area contributed by atoms with E-state index in [1.807, 2.05) is 49.5 Å². The number of ether oxygens (including phenoxy) is 1. The number of hydrogen-bond donors (Lipinski definition) is 1. The summed E-state index contributed by atoms with van der Waals surface area (Å²) in [5.74, 6) is 0.912. The fourth-order valence-corrected chi connectivity index (χ4v) is 2.65. The van der Waals surface area contributed by atoms with Gasteiger partial charge < -0.3 is 10.1 Å². The van der Waals surface area contributed by atoms with Gasteiger partial charge in [-0.3, -0.25) is 9.48 Å². The van der Waals surface area contributed by atoms with E-state index in [2.05, 4.69) is 10.4 Å². The summed E-state index contributed by atoms with van der Waals surface area (Å²) in [6.45, 7) is 3.31. The lowest BCUT2D eigenvalue weighted by molar-refractivity contribution is -0.125. The van der Waals surface area contributed by atoms with Gasteiger partial charge >= 0.3 is 0 Å². The SMILES string of the molecule is CCC(C(=O)NCC1(COc2ccccc2)CC1)n1cccn1. The van der Waals surface area contributed by atoms with Crippen LogP contribution in [0.1, 0.15) is 32.2 Å². The lowest BCUT2D eigenvalue weighted by atomic mass is 10.1. The number of nitrogens with zero attached hydrogens (tertiary/aromatic N) is 2. The lowest BCUT2D eigenvalue weighted by Gasteiger charge is -2.20. The first-order chi connectivity index (χ1) is 11.2. The summed E-state index contributed by atoms with van der Waals surface area (Å²) in [7, 11) is 0. The Labute approximate surface area is 136 Å². The number of nitrogens with one attached hydrogen (secondary N) is 1. The Morgan fingerprint density at radius 1 is 1.35 bits per heavy atom. The van der Waals surface area contributed by atoms with Crippen LogP contribution in [0.3, 0.4) is 0 Å². The molecule has 3 rings (SSSR count). The van der Waals surface area contributed by atoms with Crippen molar-refractivity contribution in [1.29, 1.82) is 0 Å². The molecule has 0 bridgehead atoms. The van der Waals surface area contributed by atoms with Crippen molar-refractivity contribution < 1.29 is 9.53 Å². The molecule has 0 aliphatic heterocycles. The number of amides is 1. The summed E-state index contributed by atoms with van der Waals surface area (Å²) in [5.41, 5.74) is 0.0912. The van der Waals surface area contributed by atoms with E-state index < -0.39 is 0 Å². The second-order valence-electron chi connectivity index (χ2n) is 6.23. The molecule has 1 saturated carbocycles. The molecule has 1 N–H and O–H groups in total. The fourth-order valence-electron chi connectivity index (χ4n) is 2.65. The van der Waals surface area contributed by atoms with E-state index in [0.717, 1.165) is 25.0 Å². The van der Waals surface area contributed by atoms with Crippen LogP contribution in [0.25, 0.3) is 0 Å². The van der Waals surface area contributed by atoms with E-state index in [4.69, 9.17) is 4.74 Å². The number of carbonyl (C=O) groups is 1. The van der Waals surface area contributed by atoms with Gasteiger partial charge in [0, 0.05) is 24.4 Å². The third-order valence-electron chi connectivity index (χ3n) is 4.42. The van der Waals surface area contributed by atoms with Crippen LogP contribution >= 0.6 is 0 Å². The van der Waals surface area contributed by atoms with Crippen LogP contribution in [0.4, 0.5) is 0 Å². The summed E-state index contributed by atoms with van der Waals surface area (Å²) in [5, 5.41) is 7.26. The number of benzene rings is 1. The van der Waals surface area contributed by atoms with E-state index in [-0.39, 0.29) is 17.4 Å². The zero-order valence-corrected chi connectivity index (χ0v) is 13.4. The molecular formula is C18H23N3O2. The predicted octanol–water partition coefficient (Wildman–Crippen LogP) is 2.81. The smallest absolute Gasteiger partial charge is 0.244 e. The quantitative estimate of drug-likeness (QED) is 0.815. The summed E-state index contributed by atoms with van der Waals surface area (Å²) in [6, 6.07) is 11.4. The van der Waals surface area contributed by atoms with Crippen LogP contribution in [0, 0.1) is 5.41 Å². The topological polar surface area (TPSA) is 56.1 Å². The average molecular weight is 313 g/mol. The number of carbonyl (C=O) groups excluding carboxylic acids is 1. The zero-order chi connectivity index (χ0) is 16.1. The standard InChI is InChI=1S/C18H23N3O2/c1-2-16(21-12-6-11-20-21)17(22)19-13-18(9-10-18)14-23-15-7-4-3-5-8-15/h3-8,11-12,16H,2,9-10,13-14H2,1H3,(H,19,22). The number of para-hydroxylation sites is 1. The maximum absolute atomic E-state index is 12.4. The molecule has 0 spiro atoms. The Morgan fingerprint density at radius 2 is 2.13 bits per heavy atom. The van der Waals surface area contributed by atoms with Crippen molar-refractivity contribution in [3.8, 4) is 5.75 Å². The molecule has 1 unspecified atom stereocenters. The second-order valence-corrected chi connectivity index (χ2v) is 6.23. The van der Waals surface area contributed by atoms with Crippen LogP contribution < -0.4 is 10.1 Å². The number of aromatic nitrogens is 2. The van der Waals surface area contributed by atoms with E-state index >= 15 is 0 Å². The average Bonchev–Trinajstić information content (AvgIpc) is 3.16. The molecule has 1 atom stereocenters. The second kappa shape index (κ2) is 6.86. The van der Waals surface area contributed by atoms with Gasteiger partial charge in [-0.25, -0.2) is 0 Å². The van der Waals surface area contributed by atoms with Crippen LogP contribution in [0.5, 0.6) is 5.75 Å². The first-order valence-corrected chi connectivity index (χ1v) is 8.17. The molecular weight excluding hydrogens is 290 g/mol. The molecule has 2 aromatic rings. The van der Waals surface area contributed by atoms with E-state index in [9.17, 15) is 4.79 Å². The fraction of sp³-hybridized carbons (Fsp3) is 0.444. The van der Waals surface area contributed by atoms with Gasteiger partial charge in [0.05, 0.1) is 6.61 Å². The van der Waals surface area contributed by atoms with Gasteiger partial charge in [-0.2, -0.15) is 5.10 Å². The highest BCUT2D eigenvalue weighted by Gasteiger charge is 2.44. The van der Waals surface area contributed by atoms with Crippen molar-refractivity contribution in [2.24, 2.45) is 5.41 Å². The Hall–Kier alpha value is -2.30. The zero-order valence-electron chi connectivity index (χ0n) is 13.4. The van der Waals surface area contributed by atoms with Crippen molar-refractivity contribution in [2.45, 2.75) is 32.2 Å². The summed E-state index contributed by atoms with van der Waals surface area (Å²) in [4.78, 5) is 12.4. The monoisotopic (exact) mass is 313 g/mol. The molecule has 1 aromatic carbocycles. The molecule has 1 aliphatic rings. The third-order valence-corrected chi connectivity index (χ3v) is 4.42. The van der Waals surface area contributed by atoms with Gasteiger partial charge in [0.25, 0.3) is 0 Å². The highest BCUT2D eigenvalue weighted by atomic mass is 16.5. The minimum Gasteiger partial charge on any atom is -0.493 e. The van der Waals surface area contributed by atoms with Gasteiger partial charge in [0.15, 0.2) is 0 Å². The summed E-state index contributed by atoms with van der Waals surface area (Å²) >= 11 is 0. The van der Waals surface area contributed by atoms with Gasteiger partial charge in [0.1, 0.15) is 11.8 Å². The summed E-state index contributed by atoms with van der Waals surface area (Å²) < 4.78 is 7.57. The van der Waals surface area contributed by atoms with Crippen LogP contribution in [-0.4, -0.2) is 28.8 Å². The van der Waals surface area contributed by atoms with Gasteiger partial charge in [-0.15, -0.1) is 0 Å². The van der Waals surface area contributed by atoms with E-state index in [1.54, 1.807) is 10.9 Å². The highest BCUT2D eigenvalue weighted by molar-refractivity contribution is 5.80. The van der Waals surface area contributed by atoms with Crippen molar-refractivity contribution >= 4 is 5.91 Å². The highest BCUT2D eigenvalue weighted by Crippen LogP contribution is 2.45. The normalized spacial score (nSPS) is 16.6. The van der Waals surface area contributed by atoms with Gasteiger partial charge in [-0.1, -0.05) is 25.1 Å². The van der Waals surface area contributed by atoms with Gasteiger partial charge in [-0.05, 0) is 37.5 Å². The van der Waals surface area contributed by atoms with Crippen LogP contribution in [-0.2, 0) is 4.79 Å². The molecule has 1 heterocycles. The Bertz CT molecular complexity index is 621. The van der Waals surface area contributed by atoms with E-state index in [1.165, 1.54) is 0 Å². The number of hydrogen-bond acceptors (Lipinski definition) is 3. The molecule has 1 fully saturated rings. The van der Waals surface area contributed by atoms with Crippen molar-refractivity contribution in [2.75, 3.05) is 13.2 Å². The molecule has 0 saturated heterocycles. The van der Waals surface area contributed by atoms with Gasteiger partial charge in [0.2, 0.25) is 5.91 Å². The minimum absolute atomic E-state index is 0.0298. The largest absolute Gasteiger partial charge is 0.493 e. The van der Waals surface area contributed by atoms with Crippen molar-refractivity contribution in [3.05, 3.63) is 48.8 Å². The first-order valence-electron chi connectivity index (χ1n) is 8.17. The van der Waals surface area contributed by atoms with Crippen LogP contribution in [0.2, 0.25) is 0 Å². The van der Waals surface area contributed by atoms with Crippen LogP contribution in [0.15, 0.2) is 48.8 Å². The maximum atomic E-state index is 12.4. The molecule has 5 nitrogen and oxygen atoms in total. The Balaban J connectivity index is 1.50. The number of rotatable bonds is 8. The van der Waals surface area contributed by atoms with E-state index in [0.29, 0.717) is 13.2 Å². The third kappa shape index (κ3) is 3.92. The molecule has 0 radical (unpaired) electrons. The first kappa shape index (κ1) is 15.6. The Kier molecular flexibility index (Phi) is 4.65. The minimum atomic E-state index is -0.240. The molecule has 122 valence electrons. The molecule has 1 aliphatic carbocycles. The lowest BCUT2D eigenvalue weighted by Crippen LogP contribution is -2.38. The molecule has 1 amide bonds. The predicted molar refractivity (Wildman–Crippen MR) is 88.2 cm³/mol. The maximum Gasteiger partial charge on any atom is 0.244 e. The molecule has 1 aromatic heterocycles. The molecule has 23 heavy (non-hydrogen) atoms. The Morgan fingerprint density at radius 3 is 2.74 bits per heavy atom. The van der Waals surface area contributed by atoms with Crippen molar-refractivity contribution in [3.63, 3.8) is 0 Å². The molecule has 5 heteroatoms. The summed E-state index contributed by atoms with van der Waals surface area (Å²) in [6.07, 6.45) is 6.45.